The highest BCUT2D eigenvalue weighted by Crippen LogP contribution is 2.19. The zero-order valence-corrected chi connectivity index (χ0v) is 11.8. The van der Waals surface area contributed by atoms with Crippen LogP contribution in [0.1, 0.15) is 40.2 Å². The molecule has 4 nitrogen and oxygen atoms in total. The highest BCUT2D eigenvalue weighted by atomic mass is 16.2. The molecule has 1 aromatic rings. The van der Waals surface area contributed by atoms with Crippen molar-refractivity contribution in [3.8, 4) is 0 Å². The van der Waals surface area contributed by atoms with Crippen molar-refractivity contribution in [3.63, 3.8) is 0 Å². The molecule has 0 fully saturated rings. The number of benzene rings is 1. The maximum atomic E-state index is 11.7. The van der Waals surface area contributed by atoms with Gasteiger partial charge in [-0.3, -0.25) is 0 Å². The molecule has 4 N–H and O–H groups in total. The van der Waals surface area contributed by atoms with Crippen LogP contribution in [0.4, 0.5) is 10.5 Å². The molecule has 2 amide bonds. The Balaban J connectivity index is 2.67. The molecule has 0 aromatic heterocycles. The Bertz CT molecular complexity index is 410. The van der Waals surface area contributed by atoms with E-state index in [1.165, 1.54) is 0 Å². The zero-order chi connectivity index (χ0) is 14.0. The maximum Gasteiger partial charge on any atom is 0.319 e. The van der Waals surface area contributed by atoms with Crippen molar-refractivity contribution in [2.45, 2.75) is 45.7 Å². The topological polar surface area (TPSA) is 67.2 Å². The molecule has 0 saturated carbocycles. The molecule has 0 aliphatic rings. The Labute approximate surface area is 109 Å². The molecule has 0 radical (unpaired) electrons. The van der Waals surface area contributed by atoms with E-state index < -0.39 is 0 Å². The maximum absolute atomic E-state index is 11.7. The Morgan fingerprint density at radius 2 is 1.56 bits per heavy atom. The third kappa shape index (κ3) is 4.75. The summed E-state index contributed by atoms with van der Waals surface area (Å²) in [7, 11) is 0. The lowest BCUT2D eigenvalue weighted by Gasteiger charge is -2.21. The summed E-state index contributed by atoms with van der Waals surface area (Å²) in [6, 6.07) is 7.35. The number of rotatable bonds is 2. The molecular weight excluding hydrogens is 226 g/mol. The van der Waals surface area contributed by atoms with E-state index in [2.05, 4.69) is 10.6 Å². The summed E-state index contributed by atoms with van der Waals surface area (Å²) in [6.07, 6.45) is 0. The van der Waals surface area contributed by atoms with Gasteiger partial charge in [0.2, 0.25) is 0 Å². The molecule has 0 heterocycles. The van der Waals surface area contributed by atoms with Gasteiger partial charge in [0.25, 0.3) is 0 Å². The fourth-order valence-electron chi connectivity index (χ4n) is 1.49. The SMILES string of the molecule is CC(C)(C)NC(=O)Nc1ccc(C(C)(C)N)cc1. The van der Waals surface area contributed by atoms with Crippen molar-refractivity contribution in [3.05, 3.63) is 29.8 Å². The smallest absolute Gasteiger partial charge is 0.319 e. The van der Waals surface area contributed by atoms with Crippen molar-refractivity contribution in [1.29, 1.82) is 0 Å². The van der Waals surface area contributed by atoms with Gasteiger partial charge in [-0.05, 0) is 52.3 Å². The van der Waals surface area contributed by atoms with Gasteiger partial charge >= 0.3 is 6.03 Å². The number of anilines is 1. The molecule has 0 atom stereocenters. The molecule has 0 saturated heterocycles. The van der Waals surface area contributed by atoms with Crippen molar-refractivity contribution in [1.82, 2.24) is 5.32 Å². The molecule has 4 heteroatoms. The van der Waals surface area contributed by atoms with Gasteiger partial charge in [0.1, 0.15) is 0 Å². The van der Waals surface area contributed by atoms with Crippen LogP contribution in [0.3, 0.4) is 0 Å². The van der Waals surface area contributed by atoms with Crippen LogP contribution in [0.2, 0.25) is 0 Å². The van der Waals surface area contributed by atoms with Gasteiger partial charge in [-0.15, -0.1) is 0 Å². The Morgan fingerprint density at radius 3 is 1.94 bits per heavy atom. The standard InChI is InChI=1S/C14H23N3O/c1-13(2,3)17-12(18)16-11-8-6-10(7-9-11)14(4,5)15/h6-9H,15H2,1-5H3,(H2,16,17,18). The van der Waals surface area contributed by atoms with Crippen LogP contribution in [-0.4, -0.2) is 11.6 Å². The number of hydrogen-bond donors (Lipinski definition) is 3. The summed E-state index contributed by atoms with van der Waals surface area (Å²) in [6.45, 7) is 9.70. The minimum atomic E-state index is -0.369. The number of carbonyl (C=O) groups is 1. The number of urea groups is 1. The van der Waals surface area contributed by atoms with Crippen LogP contribution in [-0.2, 0) is 5.54 Å². The highest BCUT2D eigenvalue weighted by Gasteiger charge is 2.15. The zero-order valence-electron chi connectivity index (χ0n) is 11.8. The van der Waals surface area contributed by atoms with Crippen LogP contribution in [0.5, 0.6) is 0 Å². The minimum Gasteiger partial charge on any atom is -0.333 e. The van der Waals surface area contributed by atoms with Crippen LogP contribution in [0.25, 0.3) is 0 Å². The summed E-state index contributed by atoms with van der Waals surface area (Å²) in [4.78, 5) is 11.7. The first-order valence-electron chi connectivity index (χ1n) is 6.06. The van der Waals surface area contributed by atoms with Crippen LogP contribution < -0.4 is 16.4 Å². The van der Waals surface area contributed by atoms with E-state index >= 15 is 0 Å². The predicted octanol–water partition coefficient (Wildman–Crippen LogP) is 2.80. The van der Waals surface area contributed by atoms with E-state index in [1.807, 2.05) is 58.9 Å². The number of nitrogens with two attached hydrogens (primary N) is 1. The molecule has 1 aromatic carbocycles. The van der Waals surface area contributed by atoms with Crippen molar-refractivity contribution in [2.75, 3.05) is 5.32 Å². The van der Waals surface area contributed by atoms with Gasteiger partial charge in [-0.2, -0.15) is 0 Å². The van der Waals surface area contributed by atoms with Gasteiger partial charge in [0.15, 0.2) is 0 Å². The fourth-order valence-corrected chi connectivity index (χ4v) is 1.49. The first-order valence-corrected chi connectivity index (χ1v) is 6.06. The van der Waals surface area contributed by atoms with E-state index in [0.29, 0.717) is 0 Å². The van der Waals surface area contributed by atoms with Gasteiger partial charge in [0, 0.05) is 16.8 Å². The summed E-state index contributed by atoms with van der Waals surface area (Å²) < 4.78 is 0. The normalized spacial score (nSPS) is 12.1. The van der Waals surface area contributed by atoms with Gasteiger partial charge in [-0.25, -0.2) is 4.79 Å². The van der Waals surface area contributed by atoms with E-state index in [9.17, 15) is 4.79 Å². The lowest BCUT2D eigenvalue weighted by Crippen LogP contribution is -2.43. The lowest BCUT2D eigenvalue weighted by atomic mass is 9.96. The van der Waals surface area contributed by atoms with Gasteiger partial charge < -0.3 is 16.4 Å². The van der Waals surface area contributed by atoms with Crippen molar-refractivity contribution < 1.29 is 4.79 Å². The number of amides is 2. The van der Waals surface area contributed by atoms with E-state index in [-0.39, 0.29) is 17.1 Å². The van der Waals surface area contributed by atoms with Gasteiger partial charge in [0.05, 0.1) is 0 Å². The average Bonchev–Trinajstić information content (AvgIpc) is 2.13. The first kappa shape index (κ1) is 14.5. The molecule has 0 unspecified atom stereocenters. The first-order chi connectivity index (χ1) is 8.08. The van der Waals surface area contributed by atoms with Crippen LogP contribution in [0, 0.1) is 0 Å². The summed E-state index contributed by atoms with van der Waals surface area (Å²) in [5, 5.41) is 5.62. The molecule has 0 spiro atoms. The van der Waals surface area contributed by atoms with Crippen molar-refractivity contribution >= 4 is 11.7 Å². The molecule has 0 aliphatic carbocycles. The van der Waals surface area contributed by atoms with E-state index in [4.69, 9.17) is 5.73 Å². The monoisotopic (exact) mass is 249 g/mol. The van der Waals surface area contributed by atoms with Gasteiger partial charge in [-0.1, -0.05) is 12.1 Å². The highest BCUT2D eigenvalue weighted by molar-refractivity contribution is 5.89. The number of carbonyl (C=O) groups excluding carboxylic acids is 1. The second kappa shape index (κ2) is 4.98. The summed E-state index contributed by atoms with van der Waals surface area (Å²) >= 11 is 0. The third-order valence-electron chi connectivity index (χ3n) is 2.38. The molecule has 1 rings (SSSR count). The Hall–Kier alpha value is -1.55. The molecule has 18 heavy (non-hydrogen) atoms. The molecule has 100 valence electrons. The lowest BCUT2D eigenvalue weighted by molar-refractivity contribution is 0.244. The third-order valence-corrected chi connectivity index (χ3v) is 2.38. The Morgan fingerprint density at radius 1 is 1.06 bits per heavy atom. The van der Waals surface area contributed by atoms with E-state index in [0.717, 1.165) is 11.3 Å². The van der Waals surface area contributed by atoms with Crippen LogP contribution >= 0.6 is 0 Å². The largest absolute Gasteiger partial charge is 0.333 e. The summed E-state index contributed by atoms with van der Waals surface area (Å²) in [5.74, 6) is 0. The quantitative estimate of drug-likeness (QED) is 0.754. The van der Waals surface area contributed by atoms with Crippen LogP contribution in [0.15, 0.2) is 24.3 Å². The molecule has 0 bridgehead atoms. The predicted molar refractivity (Wildman–Crippen MR) is 75.6 cm³/mol. The number of hydrogen-bond acceptors (Lipinski definition) is 2. The minimum absolute atomic E-state index is 0.206. The Kier molecular flexibility index (Phi) is 4.02. The second-order valence-corrected chi connectivity index (χ2v) is 6.13. The average molecular weight is 249 g/mol. The second-order valence-electron chi connectivity index (χ2n) is 6.13. The van der Waals surface area contributed by atoms with E-state index in [1.54, 1.807) is 0 Å². The number of nitrogens with one attached hydrogen (secondary N) is 2. The van der Waals surface area contributed by atoms with Crippen molar-refractivity contribution in [2.24, 2.45) is 5.73 Å². The molecular formula is C14H23N3O. The summed E-state index contributed by atoms with van der Waals surface area (Å²) in [5.41, 5.74) is 7.16. The fraction of sp³-hybridized carbons (Fsp3) is 0.500. The molecule has 0 aliphatic heterocycles.